The lowest BCUT2D eigenvalue weighted by Gasteiger charge is -2.35. The summed E-state index contributed by atoms with van der Waals surface area (Å²) in [5.74, 6) is 0. The summed E-state index contributed by atoms with van der Waals surface area (Å²) in [5, 5.41) is 3.31. The highest BCUT2D eigenvalue weighted by atomic mass is 32.2. The molecule has 1 nitrogen and oxygen atoms in total. The van der Waals surface area contributed by atoms with E-state index in [9.17, 15) is 0 Å². The summed E-state index contributed by atoms with van der Waals surface area (Å²) < 4.78 is 0.576. The fraction of sp³-hybridized carbons (Fsp3) is 1.00. The molecule has 0 amide bonds. The van der Waals surface area contributed by atoms with Gasteiger partial charge in [0.15, 0.2) is 0 Å². The summed E-state index contributed by atoms with van der Waals surface area (Å²) in [6, 6.07) is 0. The maximum Gasteiger partial charge on any atom is 0.0281 e. The number of thioether (sulfide) groups is 1. The first-order valence-electron chi connectivity index (χ1n) is 4.53. The molecule has 66 valence electrons. The van der Waals surface area contributed by atoms with E-state index in [0.717, 1.165) is 0 Å². The molecule has 0 spiro atoms. The van der Waals surface area contributed by atoms with Gasteiger partial charge in [0.2, 0.25) is 0 Å². The number of rotatable bonds is 3. The van der Waals surface area contributed by atoms with Gasteiger partial charge in [0, 0.05) is 11.3 Å². The van der Waals surface area contributed by atoms with Crippen molar-refractivity contribution < 1.29 is 0 Å². The first kappa shape index (κ1) is 9.40. The molecule has 11 heavy (non-hydrogen) atoms. The molecule has 1 rings (SSSR count). The fourth-order valence-corrected chi connectivity index (χ4v) is 2.96. The Bertz CT molecular complexity index is 103. The second-order valence-corrected chi connectivity index (χ2v) is 4.75. The summed E-state index contributed by atoms with van der Waals surface area (Å²) in [7, 11) is 2.06. The second-order valence-electron chi connectivity index (χ2n) is 3.48. The van der Waals surface area contributed by atoms with Crippen LogP contribution >= 0.6 is 11.8 Å². The number of hydrogen-bond donors (Lipinski definition) is 1. The summed E-state index contributed by atoms with van der Waals surface area (Å²) in [5.41, 5.74) is 0. The van der Waals surface area contributed by atoms with Crippen molar-refractivity contribution in [3.63, 3.8) is 0 Å². The molecule has 1 fully saturated rings. The summed E-state index contributed by atoms with van der Waals surface area (Å²) in [6.45, 7) is 1.19. The first-order valence-corrected chi connectivity index (χ1v) is 5.75. The largest absolute Gasteiger partial charge is 0.318 e. The van der Waals surface area contributed by atoms with Crippen molar-refractivity contribution in [2.24, 2.45) is 0 Å². The molecule has 0 radical (unpaired) electrons. The van der Waals surface area contributed by atoms with Crippen LogP contribution < -0.4 is 5.32 Å². The van der Waals surface area contributed by atoms with E-state index in [4.69, 9.17) is 0 Å². The van der Waals surface area contributed by atoms with Crippen molar-refractivity contribution in [3.8, 4) is 0 Å². The van der Waals surface area contributed by atoms with Gasteiger partial charge in [-0.2, -0.15) is 11.8 Å². The van der Waals surface area contributed by atoms with Crippen molar-refractivity contribution in [3.05, 3.63) is 0 Å². The molecular weight excluding hydrogens is 154 g/mol. The highest BCUT2D eigenvalue weighted by molar-refractivity contribution is 8.00. The van der Waals surface area contributed by atoms with Crippen LogP contribution in [0.2, 0.25) is 0 Å². The molecule has 0 aromatic carbocycles. The second kappa shape index (κ2) is 4.36. The Morgan fingerprint density at radius 2 is 1.91 bits per heavy atom. The molecule has 0 unspecified atom stereocenters. The SMILES string of the molecule is CNCC1(SC)CCCCC1. The molecule has 2 heteroatoms. The van der Waals surface area contributed by atoms with Crippen LogP contribution in [0.3, 0.4) is 0 Å². The quantitative estimate of drug-likeness (QED) is 0.702. The highest BCUT2D eigenvalue weighted by Gasteiger charge is 2.29. The molecule has 0 saturated heterocycles. The molecule has 1 saturated carbocycles. The van der Waals surface area contributed by atoms with Gasteiger partial charge in [-0.05, 0) is 26.1 Å². The number of hydrogen-bond acceptors (Lipinski definition) is 2. The molecule has 0 bridgehead atoms. The molecule has 0 aromatic rings. The fourth-order valence-electron chi connectivity index (χ4n) is 1.97. The van der Waals surface area contributed by atoms with Crippen LogP contribution in [0.4, 0.5) is 0 Å². The third-order valence-corrected chi connectivity index (χ3v) is 4.12. The Morgan fingerprint density at radius 3 is 2.36 bits per heavy atom. The van der Waals surface area contributed by atoms with Gasteiger partial charge in [-0.25, -0.2) is 0 Å². The molecule has 1 N–H and O–H groups in total. The monoisotopic (exact) mass is 173 g/mol. The molecular formula is C9H19NS. The number of nitrogens with one attached hydrogen (secondary N) is 1. The molecule has 0 atom stereocenters. The highest BCUT2D eigenvalue weighted by Crippen LogP contribution is 2.37. The van der Waals surface area contributed by atoms with Crippen molar-refractivity contribution in [1.29, 1.82) is 0 Å². The van der Waals surface area contributed by atoms with Crippen LogP contribution in [0.5, 0.6) is 0 Å². The minimum absolute atomic E-state index is 0.576. The predicted molar refractivity (Wildman–Crippen MR) is 53.3 cm³/mol. The van der Waals surface area contributed by atoms with Crippen LogP contribution in [0.15, 0.2) is 0 Å². The predicted octanol–water partition coefficient (Wildman–Crippen LogP) is 2.27. The standard InChI is InChI=1S/C9H19NS/c1-10-8-9(11-2)6-4-3-5-7-9/h10H,3-8H2,1-2H3. The Balaban J connectivity index is 2.42. The summed E-state index contributed by atoms with van der Waals surface area (Å²) >= 11 is 2.06. The third-order valence-electron chi connectivity index (χ3n) is 2.70. The van der Waals surface area contributed by atoms with E-state index in [1.165, 1.54) is 38.6 Å². The van der Waals surface area contributed by atoms with E-state index in [2.05, 4.69) is 30.4 Å². The zero-order valence-electron chi connectivity index (χ0n) is 7.65. The van der Waals surface area contributed by atoms with Gasteiger partial charge >= 0.3 is 0 Å². The Kier molecular flexibility index (Phi) is 3.73. The summed E-state index contributed by atoms with van der Waals surface area (Å²) in [4.78, 5) is 0. The van der Waals surface area contributed by atoms with E-state index < -0.39 is 0 Å². The Hall–Kier alpha value is 0.310. The third kappa shape index (κ3) is 2.38. The maximum atomic E-state index is 3.31. The maximum absolute atomic E-state index is 3.31. The van der Waals surface area contributed by atoms with Gasteiger partial charge in [0.05, 0.1) is 0 Å². The minimum Gasteiger partial charge on any atom is -0.318 e. The van der Waals surface area contributed by atoms with Crippen LogP contribution in [0, 0.1) is 0 Å². The lowest BCUT2D eigenvalue weighted by Crippen LogP contribution is -2.37. The minimum atomic E-state index is 0.576. The van der Waals surface area contributed by atoms with Gasteiger partial charge in [0.25, 0.3) is 0 Å². The van der Waals surface area contributed by atoms with E-state index in [1.807, 2.05) is 0 Å². The molecule has 1 aliphatic carbocycles. The molecule has 0 aromatic heterocycles. The van der Waals surface area contributed by atoms with Crippen LogP contribution in [0.25, 0.3) is 0 Å². The van der Waals surface area contributed by atoms with Gasteiger partial charge in [-0.3, -0.25) is 0 Å². The average molecular weight is 173 g/mol. The first-order chi connectivity index (χ1) is 5.33. The van der Waals surface area contributed by atoms with Gasteiger partial charge in [0.1, 0.15) is 0 Å². The van der Waals surface area contributed by atoms with E-state index in [-0.39, 0.29) is 0 Å². The Labute approximate surface area is 74.3 Å². The lowest BCUT2D eigenvalue weighted by molar-refractivity contribution is 0.388. The average Bonchev–Trinajstić information content (AvgIpc) is 2.07. The van der Waals surface area contributed by atoms with Crippen molar-refractivity contribution >= 4 is 11.8 Å². The lowest BCUT2D eigenvalue weighted by atomic mass is 9.88. The van der Waals surface area contributed by atoms with Crippen molar-refractivity contribution in [1.82, 2.24) is 5.32 Å². The van der Waals surface area contributed by atoms with E-state index in [0.29, 0.717) is 4.75 Å². The van der Waals surface area contributed by atoms with Crippen LogP contribution in [0.1, 0.15) is 32.1 Å². The van der Waals surface area contributed by atoms with Crippen molar-refractivity contribution in [2.75, 3.05) is 19.8 Å². The molecule has 1 aliphatic rings. The van der Waals surface area contributed by atoms with Gasteiger partial charge in [-0.15, -0.1) is 0 Å². The van der Waals surface area contributed by atoms with Crippen LogP contribution in [-0.2, 0) is 0 Å². The summed E-state index contributed by atoms with van der Waals surface area (Å²) in [6.07, 6.45) is 9.39. The Morgan fingerprint density at radius 1 is 1.27 bits per heavy atom. The normalized spacial score (nSPS) is 23.5. The molecule has 0 heterocycles. The van der Waals surface area contributed by atoms with Crippen LogP contribution in [-0.4, -0.2) is 24.6 Å². The zero-order valence-corrected chi connectivity index (χ0v) is 8.47. The van der Waals surface area contributed by atoms with Gasteiger partial charge in [-0.1, -0.05) is 19.3 Å². The van der Waals surface area contributed by atoms with Gasteiger partial charge < -0.3 is 5.32 Å². The smallest absolute Gasteiger partial charge is 0.0281 e. The molecule has 0 aliphatic heterocycles. The topological polar surface area (TPSA) is 12.0 Å². The van der Waals surface area contributed by atoms with E-state index in [1.54, 1.807) is 0 Å². The van der Waals surface area contributed by atoms with E-state index >= 15 is 0 Å². The zero-order chi connectivity index (χ0) is 8.16. The van der Waals surface area contributed by atoms with Crippen molar-refractivity contribution in [2.45, 2.75) is 36.9 Å².